The highest BCUT2D eigenvalue weighted by Gasteiger charge is 2.23. The van der Waals surface area contributed by atoms with E-state index in [2.05, 4.69) is 5.32 Å². The van der Waals surface area contributed by atoms with Crippen LogP contribution in [0.5, 0.6) is 0 Å². The average Bonchev–Trinajstić information content (AvgIpc) is 2.48. The number of amides is 3. The normalized spacial score (nSPS) is 16.5. The van der Waals surface area contributed by atoms with Crippen molar-refractivity contribution < 1.29 is 14.3 Å². The summed E-state index contributed by atoms with van der Waals surface area (Å²) in [6.07, 6.45) is 0.395. The van der Waals surface area contributed by atoms with Crippen LogP contribution in [-0.2, 0) is 16.0 Å². The summed E-state index contributed by atoms with van der Waals surface area (Å²) in [6, 6.07) is 8.50. The van der Waals surface area contributed by atoms with Crippen molar-refractivity contribution in [3.8, 4) is 0 Å². The minimum absolute atomic E-state index is 0.270. The Morgan fingerprint density at radius 3 is 2.50 bits per heavy atom. The second-order valence-electron chi connectivity index (χ2n) is 4.69. The minimum Gasteiger partial charge on any atom is -0.378 e. The van der Waals surface area contributed by atoms with E-state index in [1.807, 2.05) is 30.3 Å². The molecule has 1 saturated heterocycles. The van der Waals surface area contributed by atoms with Crippen LogP contribution in [0, 0.1) is 0 Å². The zero-order chi connectivity index (χ0) is 14.4. The molecule has 20 heavy (non-hydrogen) atoms. The van der Waals surface area contributed by atoms with Crippen molar-refractivity contribution in [2.45, 2.75) is 12.5 Å². The van der Waals surface area contributed by atoms with Gasteiger partial charge in [-0.3, -0.25) is 4.79 Å². The van der Waals surface area contributed by atoms with Crippen molar-refractivity contribution in [2.75, 3.05) is 26.3 Å². The quantitative estimate of drug-likeness (QED) is 0.820. The Kier molecular flexibility index (Phi) is 4.95. The van der Waals surface area contributed by atoms with Crippen LogP contribution in [-0.4, -0.2) is 49.2 Å². The molecule has 1 heterocycles. The van der Waals surface area contributed by atoms with Gasteiger partial charge in [-0.05, 0) is 5.56 Å². The molecule has 0 aromatic heterocycles. The van der Waals surface area contributed by atoms with Gasteiger partial charge in [-0.1, -0.05) is 30.3 Å². The molecule has 6 heteroatoms. The molecule has 3 amide bonds. The van der Waals surface area contributed by atoms with E-state index in [4.69, 9.17) is 10.5 Å². The molecule has 0 aliphatic carbocycles. The predicted molar refractivity (Wildman–Crippen MR) is 74.1 cm³/mol. The third kappa shape index (κ3) is 3.96. The van der Waals surface area contributed by atoms with Crippen molar-refractivity contribution in [3.63, 3.8) is 0 Å². The van der Waals surface area contributed by atoms with Crippen LogP contribution in [0.15, 0.2) is 30.3 Å². The lowest BCUT2D eigenvalue weighted by molar-refractivity contribution is -0.119. The van der Waals surface area contributed by atoms with Crippen LogP contribution in [0.2, 0.25) is 0 Å². The maximum absolute atomic E-state index is 12.1. The lowest BCUT2D eigenvalue weighted by Gasteiger charge is -2.28. The van der Waals surface area contributed by atoms with E-state index in [9.17, 15) is 9.59 Å². The fourth-order valence-electron chi connectivity index (χ4n) is 2.08. The van der Waals surface area contributed by atoms with E-state index in [-0.39, 0.29) is 6.03 Å². The smallest absolute Gasteiger partial charge is 0.318 e. The summed E-state index contributed by atoms with van der Waals surface area (Å²) in [6.45, 7) is 2.10. The molecule has 1 aromatic rings. The Morgan fingerprint density at radius 2 is 1.90 bits per heavy atom. The van der Waals surface area contributed by atoms with Crippen LogP contribution in [0.25, 0.3) is 0 Å². The van der Waals surface area contributed by atoms with Crippen molar-refractivity contribution in [1.82, 2.24) is 10.2 Å². The second kappa shape index (κ2) is 6.91. The van der Waals surface area contributed by atoms with Crippen LogP contribution >= 0.6 is 0 Å². The summed E-state index contributed by atoms with van der Waals surface area (Å²) in [5.74, 6) is -0.532. The Balaban J connectivity index is 1.95. The van der Waals surface area contributed by atoms with Gasteiger partial charge in [0.05, 0.1) is 13.2 Å². The largest absolute Gasteiger partial charge is 0.378 e. The van der Waals surface area contributed by atoms with Crippen molar-refractivity contribution in [3.05, 3.63) is 35.9 Å². The third-order valence-corrected chi connectivity index (χ3v) is 3.22. The summed E-state index contributed by atoms with van der Waals surface area (Å²) in [7, 11) is 0. The first-order chi connectivity index (χ1) is 9.66. The Morgan fingerprint density at radius 1 is 1.25 bits per heavy atom. The monoisotopic (exact) mass is 277 g/mol. The number of nitrogens with zero attached hydrogens (tertiary/aromatic N) is 1. The number of carbonyl (C=O) groups excluding carboxylic acids is 2. The number of carbonyl (C=O) groups is 2. The van der Waals surface area contributed by atoms with Crippen LogP contribution in [0.1, 0.15) is 5.56 Å². The molecule has 108 valence electrons. The summed E-state index contributed by atoms with van der Waals surface area (Å²) >= 11 is 0. The number of ether oxygens (including phenoxy) is 1. The van der Waals surface area contributed by atoms with Crippen LogP contribution < -0.4 is 11.1 Å². The van der Waals surface area contributed by atoms with E-state index in [0.29, 0.717) is 32.7 Å². The number of benzene rings is 1. The summed E-state index contributed by atoms with van der Waals surface area (Å²) < 4.78 is 5.18. The number of nitrogens with two attached hydrogens (primary N) is 1. The van der Waals surface area contributed by atoms with Gasteiger partial charge in [-0.2, -0.15) is 0 Å². The second-order valence-corrected chi connectivity index (χ2v) is 4.69. The van der Waals surface area contributed by atoms with Gasteiger partial charge in [0.15, 0.2) is 0 Å². The first-order valence-corrected chi connectivity index (χ1v) is 6.63. The molecule has 1 aliphatic heterocycles. The summed E-state index contributed by atoms with van der Waals surface area (Å²) in [4.78, 5) is 25.2. The van der Waals surface area contributed by atoms with Gasteiger partial charge < -0.3 is 20.7 Å². The molecule has 1 aromatic carbocycles. The molecule has 1 aliphatic rings. The molecule has 0 saturated carbocycles. The number of morpholine rings is 1. The van der Waals surface area contributed by atoms with E-state index in [0.717, 1.165) is 5.56 Å². The zero-order valence-corrected chi connectivity index (χ0v) is 11.2. The predicted octanol–water partition coefficient (Wildman–Crippen LogP) is 0.125. The lowest BCUT2D eigenvalue weighted by atomic mass is 10.1. The van der Waals surface area contributed by atoms with Gasteiger partial charge in [0, 0.05) is 19.5 Å². The molecule has 1 fully saturated rings. The fraction of sp³-hybridized carbons (Fsp3) is 0.429. The number of hydrogen-bond acceptors (Lipinski definition) is 3. The molecular formula is C14H19N3O3. The van der Waals surface area contributed by atoms with Crippen molar-refractivity contribution >= 4 is 11.9 Å². The highest BCUT2D eigenvalue weighted by molar-refractivity contribution is 5.86. The molecule has 0 unspecified atom stereocenters. The average molecular weight is 277 g/mol. The van der Waals surface area contributed by atoms with Gasteiger partial charge in [0.1, 0.15) is 6.04 Å². The summed E-state index contributed by atoms with van der Waals surface area (Å²) in [5, 5.41) is 2.69. The minimum atomic E-state index is -0.701. The Bertz CT molecular complexity index is 458. The maximum atomic E-state index is 12.1. The standard InChI is InChI=1S/C14H19N3O3/c15-13(18)12(10-11-4-2-1-3-5-11)16-14(19)17-6-8-20-9-7-17/h1-5,12H,6-10H2,(H2,15,18)(H,16,19)/t12-/m0/s1. The van der Waals surface area contributed by atoms with Crippen molar-refractivity contribution in [1.29, 1.82) is 0 Å². The van der Waals surface area contributed by atoms with Gasteiger partial charge in [0.25, 0.3) is 0 Å². The number of nitrogens with one attached hydrogen (secondary N) is 1. The number of primary amides is 1. The molecule has 0 bridgehead atoms. The molecule has 0 spiro atoms. The molecule has 3 N–H and O–H groups in total. The van der Waals surface area contributed by atoms with E-state index >= 15 is 0 Å². The molecule has 6 nitrogen and oxygen atoms in total. The highest BCUT2D eigenvalue weighted by atomic mass is 16.5. The van der Waals surface area contributed by atoms with Gasteiger partial charge in [-0.15, -0.1) is 0 Å². The van der Waals surface area contributed by atoms with Crippen LogP contribution in [0.3, 0.4) is 0 Å². The van der Waals surface area contributed by atoms with Gasteiger partial charge in [0.2, 0.25) is 5.91 Å². The Hall–Kier alpha value is -2.08. The van der Waals surface area contributed by atoms with E-state index in [1.165, 1.54) is 0 Å². The molecule has 1 atom stereocenters. The topological polar surface area (TPSA) is 84.7 Å². The first kappa shape index (κ1) is 14.3. The van der Waals surface area contributed by atoms with Gasteiger partial charge >= 0.3 is 6.03 Å². The van der Waals surface area contributed by atoms with E-state index in [1.54, 1.807) is 4.90 Å². The zero-order valence-electron chi connectivity index (χ0n) is 11.2. The number of hydrogen-bond donors (Lipinski definition) is 2. The van der Waals surface area contributed by atoms with Gasteiger partial charge in [-0.25, -0.2) is 4.79 Å². The van der Waals surface area contributed by atoms with E-state index < -0.39 is 11.9 Å². The maximum Gasteiger partial charge on any atom is 0.318 e. The van der Waals surface area contributed by atoms with Crippen molar-refractivity contribution in [2.24, 2.45) is 5.73 Å². The third-order valence-electron chi connectivity index (χ3n) is 3.22. The molecule has 2 rings (SSSR count). The summed E-state index contributed by atoms with van der Waals surface area (Å²) in [5.41, 5.74) is 6.32. The number of rotatable bonds is 4. The SMILES string of the molecule is NC(=O)[C@H](Cc1ccccc1)NC(=O)N1CCOCC1. The molecular weight excluding hydrogens is 258 g/mol. The Labute approximate surface area is 117 Å². The highest BCUT2D eigenvalue weighted by Crippen LogP contribution is 2.04. The fourth-order valence-corrected chi connectivity index (χ4v) is 2.08. The lowest BCUT2D eigenvalue weighted by Crippen LogP contribution is -2.53. The molecule has 0 radical (unpaired) electrons. The first-order valence-electron chi connectivity index (χ1n) is 6.63. The van der Waals surface area contributed by atoms with Crippen LogP contribution in [0.4, 0.5) is 4.79 Å². The number of urea groups is 1.